The maximum absolute atomic E-state index is 16.0. The second-order valence-electron chi connectivity index (χ2n) is 8.80. The first-order valence-corrected chi connectivity index (χ1v) is 11.1. The Morgan fingerprint density at radius 2 is 2.03 bits per heavy atom. The van der Waals surface area contributed by atoms with Crippen LogP contribution in [0.25, 0.3) is 32.9 Å². The first kappa shape index (κ1) is 22.3. The molecule has 2 aromatic heterocycles. The summed E-state index contributed by atoms with van der Waals surface area (Å²) in [6.45, 7) is 0.792. The van der Waals surface area contributed by atoms with Crippen molar-refractivity contribution in [3.05, 3.63) is 57.9 Å². The zero-order valence-corrected chi connectivity index (χ0v) is 18.5. The van der Waals surface area contributed by atoms with Crippen molar-refractivity contribution in [2.45, 2.75) is 12.2 Å². The van der Waals surface area contributed by atoms with Gasteiger partial charge in [-0.15, -0.1) is 6.42 Å². The molecule has 3 N–H and O–H groups in total. The summed E-state index contributed by atoms with van der Waals surface area (Å²) in [5.41, 5.74) is 4.33. The van der Waals surface area contributed by atoms with Crippen molar-refractivity contribution < 1.29 is 22.3 Å². The second-order valence-corrected chi connectivity index (χ2v) is 8.80. The lowest BCUT2D eigenvalue weighted by molar-refractivity contribution is 0.131. The molecule has 2 fully saturated rings. The van der Waals surface area contributed by atoms with Gasteiger partial charge in [0, 0.05) is 35.3 Å². The Labute approximate surface area is 200 Å². The van der Waals surface area contributed by atoms with E-state index in [1.54, 1.807) is 4.90 Å². The van der Waals surface area contributed by atoms with Gasteiger partial charge >= 0.3 is 5.69 Å². The number of nitrogen functional groups attached to an aromatic ring is 1. The van der Waals surface area contributed by atoms with E-state index in [2.05, 4.69) is 20.9 Å². The number of aromatic amines is 1. The van der Waals surface area contributed by atoms with Gasteiger partial charge in [-0.1, -0.05) is 5.92 Å². The zero-order valence-electron chi connectivity index (χ0n) is 18.5. The third-order valence-electron chi connectivity index (χ3n) is 6.70. The molecule has 1 saturated heterocycles. The number of nitrogens with one attached hydrogen (secondary N) is 1. The molecular formula is C25H17F4N5O2. The standard InChI is InChI=1S/C25H17F4N5O2/c1-2-12-17-10(6-16(26)18(12)27)5-11(30)7-13(17)21-20(29)22-14(8-31-21)24(33-25(35)32-22)34-3-4-36-9-15-19(28)23(15)34/h1,5-8,15,19,23H,3-4,9,30H2,(H,32,33,35)/t15-,19+,23-/m1/s1. The molecule has 0 radical (unpaired) electrons. The topological polar surface area (TPSA) is 97.1 Å². The molecule has 0 spiro atoms. The fourth-order valence-electron chi connectivity index (χ4n) is 5.00. The third kappa shape index (κ3) is 3.21. The van der Waals surface area contributed by atoms with Crippen LogP contribution in [0.1, 0.15) is 5.56 Å². The Kier molecular flexibility index (Phi) is 4.91. The van der Waals surface area contributed by atoms with Gasteiger partial charge in [-0.25, -0.2) is 22.4 Å². The van der Waals surface area contributed by atoms with Crippen molar-refractivity contribution in [1.82, 2.24) is 15.0 Å². The number of hydrogen-bond acceptors (Lipinski definition) is 6. The summed E-state index contributed by atoms with van der Waals surface area (Å²) < 4.78 is 64.4. The van der Waals surface area contributed by atoms with Gasteiger partial charge in [0.15, 0.2) is 17.5 Å². The second kappa shape index (κ2) is 7.93. The first-order chi connectivity index (χ1) is 17.3. The summed E-state index contributed by atoms with van der Waals surface area (Å²) >= 11 is 0. The molecule has 2 aliphatic rings. The number of nitrogens with zero attached hydrogens (tertiary/aromatic N) is 3. The van der Waals surface area contributed by atoms with E-state index in [9.17, 15) is 18.0 Å². The Hall–Kier alpha value is -4.17. The van der Waals surface area contributed by atoms with E-state index in [-0.39, 0.29) is 70.1 Å². The van der Waals surface area contributed by atoms with Gasteiger partial charge in [-0.05, 0) is 23.6 Å². The third-order valence-corrected chi connectivity index (χ3v) is 6.70. The van der Waals surface area contributed by atoms with E-state index in [1.807, 2.05) is 0 Å². The Bertz CT molecular complexity index is 1680. The Morgan fingerprint density at radius 3 is 2.81 bits per heavy atom. The van der Waals surface area contributed by atoms with Crippen molar-refractivity contribution in [3.8, 4) is 23.6 Å². The van der Waals surface area contributed by atoms with Crippen LogP contribution in [0.15, 0.2) is 29.2 Å². The number of hydrogen-bond donors (Lipinski definition) is 2. The highest BCUT2D eigenvalue weighted by molar-refractivity contribution is 6.03. The molecular weight excluding hydrogens is 478 g/mol. The Morgan fingerprint density at radius 1 is 1.22 bits per heavy atom. The molecule has 3 heterocycles. The molecule has 182 valence electrons. The predicted molar refractivity (Wildman–Crippen MR) is 126 cm³/mol. The molecule has 2 aromatic carbocycles. The van der Waals surface area contributed by atoms with Gasteiger partial charge in [-0.2, -0.15) is 4.98 Å². The average molecular weight is 495 g/mol. The van der Waals surface area contributed by atoms with Crippen LogP contribution in [0.4, 0.5) is 29.1 Å². The van der Waals surface area contributed by atoms with E-state index in [0.29, 0.717) is 0 Å². The Balaban J connectivity index is 1.61. The SMILES string of the molecule is C#Cc1c(F)c(F)cc2cc(N)cc(-c3ncc4c(N5CCOC[C@@H]6[C@H](F)[C@@H]65)nc(=O)[nH]c4c3F)c12. The largest absolute Gasteiger partial charge is 0.399 e. The van der Waals surface area contributed by atoms with Crippen LogP contribution in [0.5, 0.6) is 0 Å². The van der Waals surface area contributed by atoms with E-state index in [0.717, 1.165) is 6.07 Å². The molecule has 6 rings (SSSR count). The summed E-state index contributed by atoms with van der Waals surface area (Å²) in [5.74, 6) is -1.56. The highest BCUT2D eigenvalue weighted by Gasteiger charge is 2.56. The normalized spacial score (nSPS) is 21.3. The maximum Gasteiger partial charge on any atom is 0.347 e. The summed E-state index contributed by atoms with van der Waals surface area (Å²) in [6, 6.07) is 3.09. The number of fused-ring (bicyclic) bond motifs is 3. The average Bonchev–Trinajstić information content (AvgIpc) is 3.54. The number of terminal acetylenes is 1. The maximum atomic E-state index is 16.0. The smallest absolute Gasteiger partial charge is 0.347 e. The van der Waals surface area contributed by atoms with Crippen molar-refractivity contribution >= 4 is 33.2 Å². The van der Waals surface area contributed by atoms with Crippen LogP contribution < -0.4 is 16.3 Å². The van der Waals surface area contributed by atoms with Gasteiger partial charge in [-0.3, -0.25) is 4.98 Å². The first-order valence-electron chi connectivity index (χ1n) is 11.1. The van der Waals surface area contributed by atoms with Gasteiger partial charge < -0.3 is 20.4 Å². The molecule has 0 bridgehead atoms. The minimum Gasteiger partial charge on any atom is -0.399 e. The van der Waals surface area contributed by atoms with Crippen LogP contribution >= 0.6 is 0 Å². The van der Waals surface area contributed by atoms with Crippen LogP contribution in [0.2, 0.25) is 0 Å². The number of benzene rings is 2. The lowest BCUT2D eigenvalue weighted by atomic mass is 9.95. The number of nitrogens with two attached hydrogens (primary N) is 1. The summed E-state index contributed by atoms with van der Waals surface area (Å²) in [4.78, 5) is 24.6. The van der Waals surface area contributed by atoms with Gasteiger partial charge in [0.05, 0.1) is 35.7 Å². The highest BCUT2D eigenvalue weighted by atomic mass is 19.2. The summed E-state index contributed by atoms with van der Waals surface area (Å²) in [6.07, 6.45) is 5.59. The molecule has 1 saturated carbocycles. The van der Waals surface area contributed by atoms with E-state index in [1.165, 1.54) is 18.3 Å². The number of H-pyrrole nitrogens is 1. The number of halogens is 4. The molecule has 4 aromatic rings. The van der Waals surface area contributed by atoms with E-state index in [4.69, 9.17) is 16.9 Å². The minimum absolute atomic E-state index is 0.0183. The molecule has 36 heavy (non-hydrogen) atoms. The quantitative estimate of drug-likeness (QED) is 0.252. The predicted octanol–water partition coefficient (Wildman–Crippen LogP) is 3.29. The molecule has 1 aliphatic heterocycles. The molecule has 0 amide bonds. The lowest BCUT2D eigenvalue weighted by Crippen LogP contribution is -2.33. The van der Waals surface area contributed by atoms with Crippen molar-refractivity contribution in [2.75, 3.05) is 30.4 Å². The number of alkyl halides is 1. The monoisotopic (exact) mass is 495 g/mol. The summed E-state index contributed by atoms with van der Waals surface area (Å²) in [5, 5.41) is 0.345. The van der Waals surface area contributed by atoms with Crippen molar-refractivity contribution in [2.24, 2.45) is 5.92 Å². The molecule has 0 unspecified atom stereocenters. The highest BCUT2D eigenvalue weighted by Crippen LogP contribution is 2.44. The number of aromatic nitrogens is 3. The minimum atomic E-state index is -1.26. The van der Waals surface area contributed by atoms with Crippen LogP contribution in [0, 0.1) is 35.7 Å². The summed E-state index contributed by atoms with van der Waals surface area (Å²) in [7, 11) is 0. The van der Waals surface area contributed by atoms with Crippen molar-refractivity contribution in [3.63, 3.8) is 0 Å². The number of ether oxygens (including phenoxy) is 1. The molecule has 1 aliphatic carbocycles. The lowest BCUT2D eigenvalue weighted by Gasteiger charge is -2.23. The van der Waals surface area contributed by atoms with E-state index >= 15 is 4.39 Å². The van der Waals surface area contributed by atoms with Gasteiger partial charge in [0.1, 0.15) is 17.7 Å². The molecule has 11 heteroatoms. The van der Waals surface area contributed by atoms with Crippen LogP contribution in [0.3, 0.4) is 0 Å². The molecule has 7 nitrogen and oxygen atoms in total. The fourth-order valence-corrected chi connectivity index (χ4v) is 5.00. The number of pyridine rings is 1. The van der Waals surface area contributed by atoms with Crippen molar-refractivity contribution in [1.29, 1.82) is 0 Å². The zero-order chi connectivity index (χ0) is 25.3. The van der Waals surface area contributed by atoms with Crippen LogP contribution in [-0.4, -0.2) is 46.9 Å². The van der Waals surface area contributed by atoms with Gasteiger partial charge in [0.2, 0.25) is 0 Å². The number of anilines is 2. The van der Waals surface area contributed by atoms with E-state index < -0.39 is 40.9 Å². The fraction of sp³-hybridized carbons (Fsp3) is 0.240. The molecule has 3 atom stereocenters. The van der Waals surface area contributed by atoms with Crippen LogP contribution in [-0.2, 0) is 4.74 Å². The van der Waals surface area contributed by atoms with Gasteiger partial charge in [0.25, 0.3) is 0 Å². The number of rotatable bonds is 2.